The molecule has 0 spiro atoms. The highest BCUT2D eigenvalue weighted by molar-refractivity contribution is 7.81. The molecule has 16 heavy (non-hydrogen) atoms. The van der Waals surface area contributed by atoms with Crippen molar-refractivity contribution in [1.29, 1.82) is 0 Å². The summed E-state index contributed by atoms with van der Waals surface area (Å²) in [4.78, 5) is 11.6. The number of esters is 1. The van der Waals surface area contributed by atoms with Crippen molar-refractivity contribution in [2.24, 2.45) is 0 Å². The average molecular weight is 248 g/mol. The van der Waals surface area contributed by atoms with E-state index in [1.54, 1.807) is 0 Å². The third kappa shape index (κ3) is 7.12. The molecule has 4 heteroatoms. The quantitative estimate of drug-likeness (QED) is 0.294. The topological polar surface area (TPSA) is 35.5 Å². The second kappa shape index (κ2) is 9.97. The molecule has 0 aliphatic rings. The summed E-state index contributed by atoms with van der Waals surface area (Å²) >= 11 is 4.25. The molecule has 0 fully saturated rings. The van der Waals surface area contributed by atoms with E-state index in [-0.39, 0.29) is 11.2 Å². The average Bonchev–Trinajstić information content (AvgIpc) is 2.30. The van der Waals surface area contributed by atoms with Crippen LogP contribution in [0.1, 0.15) is 52.4 Å². The van der Waals surface area contributed by atoms with Gasteiger partial charge in [-0.05, 0) is 6.42 Å². The van der Waals surface area contributed by atoms with Crippen LogP contribution in [-0.2, 0) is 14.3 Å². The van der Waals surface area contributed by atoms with Gasteiger partial charge in [0.25, 0.3) is 0 Å². The molecular formula is C12H24O3S. The largest absolute Gasteiger partial charge is 0.435 e. The molecule has 0 radical (unpaired) electrons. The Bertz CT molecular complexity index is 181. The fourth-order valence-electron chi connectivity index (χ4n) is 1.39. The third-order valence-corrected chi connectivity index (χ3v) is 2.92. The van der Waals surface area contributed by atoms with Crippen molar-refractivity contribution in [2.75, 3.05) is 7.11 Å². The van der Waals surface area contributed by atoms with Gasteiger partial charge in [0.1, 0.15) is 0 Å². The zero-order chi connectivity index (χ0) is 12.4. The molecule has 0 saturated carbocycles. The lowest BCUT2D eigenvalue weighted by atomic mass is 10.1. The van der Waals surface area contributed by atoms with Gasteiger partial charge >= 0.3 is 5.97 Å². The van der Waals surface area contributed by atoms with Gasteiger partial charge in [-0.3, -0.25) is 4.79 Å². The van der Waals surface area contributed by atoms with E-state index in [0.717, 1.165) is 19.3 Å². The van der Waals surface area contributed by atoms with Gasteiger partial charge in [-0.25, -0.2) is 0 Å². The van der Waals surface area contributed by atoms with Crippen LogP contribution in [-0.4, -0.2) is 24.6 Å². The van der Waals surface area contributed by atoms with Crippen LogP contribution in [0.15, 0.2) is 0 Å². The third-order valence-electron chi connectivity index (χ3n) is 2.45. The summed E-state index contributed by atoms with van der Waals surface area (Å²) in [6, 6.07) is 0. The van der Waals surface area contributed by atoms with Gasteiger partial charge in [-0.15, -0.1) is 0 Å². The van der Waals surface area contributed by atoms with Crippen LogP contribution in [0.4, 0.5) is 0 Å². The van der Waals surface area contributed by atoms with Crippen molar-refractivity contribution in [2.45, 2.75) is 63.9 Å². The van der Waals surface area contributed by atoms with E-state index < -0.39 is 6.29 Å². The van der Waals surface area contributed by atoms with Crippen LogP contribution < -0.4 is 0 Å². The number of ether oxygens (including phenoxy) is 2. The first-order chi connectivity index (χ1) is 7.65. The molecule has 2 unspecified atom stereocenters. The van der Waals surface area contributed by atoms with E-state index in [9.17, 15) is 4.79 Å². The highest BCUT2D eigenvalue weighted by Crippen LogP contribution is 2.13. The van der Waals surface area contributed by atoms with Crippen LogP contribution in [0.3, 0.4) is 0 Å². The first-order valence-electron chi connectivity index (χ1n) is 6.07. The van der Waals surface area contributed by atoms with Crippen molar-refractivity contribution >= 4 is 18.6 Å². The SMILES string of the molecule is CCCCCCC(S)C(=O)OC(CC)OC. The maximum absolute atomic E-state index is 11.6. The molecule has 0 aromatic heterocycles. The minimum Gasteiger partial charge on any atom is -0.435 e. The number of carbonyl (C=O) groups excluding carboxylic acids is 1. The van der Waals surface area contributed by atoms with Gasteiger partial charge in [0.05, 0.1) is 5.25 Å². The van der Waals surface area contributed by atoms with Crippen molar-refractivity contribution < 1.29 is 14.3 Å². The van der Waals surface area contributed by atoms with Crippen molar-refractivity contribution in [3.05, 3.63) is 0 Å². The molecule has 0 amide bonds. The highest BCUT2D eigenvalue weighted by atomic mass is 32.1. The van der Waals surface area contributed by atoms with E-state index in [4.69, 9.17) is 9.47 Å². The van der Waals surface area contributed by atoms with Gasteiger partial charge in [0, 0.05) is 13.5 Å². The molecule has 3 nitrogen and oxygen atoms in total. The standard InChI is InChI=1S/C12H24O3S/c1-4-6-7-8-9-10(16)12(13)15-11(5-2)14-3/h10-11,16H,4-9H2,1-3H3. The Labute approximate surface area is 104 Å². The van der Waals surface area contributed by atoms with Gasteiger partial charge in [-0.1, -0.05) is 39.5 Å². The normalized spacial score (nSPS) is 14.5. The van der Waals surface area contributed by atoms with Gasteiger partial charge < -0.3 is 9.47 Å². The molecule has 0 heterocycles. The van der Waals surface area contributed by atoms with Gasteiger partial charge in [-0.2, -0.15) is 12.6 Å². The van der Waals surface area contributed by atoms with Crippen LogP contribution in [0.5, 0.6) is 0 Å². The van der Waals surface area contributed by atoms with E-state index in [2.05, 4.69) is 19.6 Å². The number of rotatable bonds is 9. The summed E-state index contributed by atoms with van der Waals surface area (Å²) in [6.07, 6.45) is 5.61. The smallest absolute Gasteiger partial charge is 0.321 e. The number of unbranched alkanes of at least 4 members (excludes halogenated alkanes) is 3. The predicted octanol–water partition coefficient (Wildman–Crippen LogP) is 3.18. The van der Waals surface area contributed by atoms with Crippen LogP contribution in [0.2, 0.25) is 0 Å². The van der Waals surface area contributed by atoms with E-state index >= 15 is 0 Å². The summed E-state index contributed by atoms with van der Waals surface area (Å²) < 4.78 is 10.1. The van der Waals surface area contributed by atoms with Crippen molar-refractivity contribution in [3.63, 3.8) is 0 Å². The summed E-state index contributed by atoms with van der Waals surface area (Å²) in [5.74, 6) is -0.270. The van der Waals surface area contributed by atoms with E-state index in [1.807, 2.05) is 6.92 Å². The molecule has 0 rings (SSSR count). The fraction of sp³-hybridized carbons (Fsp3) is 0.917. The van der Waals surface area contributed by atoms with Gasteiger partial charge in [0.2, 0.25) is 6.29 Å². The molecule has 0 N–H and O–H groups in total. The fourth-order valence-corrected chi connectivity index (χ4v) is 1.63. The zero-order valence-electron chi connectivity index (χ0n) is 10.6. The lowest BCUT2D eigenvalue weighted by Gasteiger charge is -2.16. The van der Waals surface area contributed by atoms with E-state index in [0.29, 0.717) is 6.42 Å². The molecule has 0 aliphatic carbocycles. The monoisotopic (exact) mass is 248 g/mol. The summed E-state index contributed by atoms with van der Waals surface area (Å²) in [5, 5.41) is -0.318. The Kier molecular flexibility index (Phi) is 9.83. The van der Waals surface area contributed by atoms with Crippen molar-refractivity contribution in [1.82, 2.24) is 0 Å². The number of methoxy groups -OCH3 is 1. The first-order valence-corrected chi connectivity index (χ1v) is 6.58. The second-order valence-corrected chi connectivity index (χ2v) is 4.50. The number of thiol groups is 1. The van der Waals surface area contributed by atoms with Crippen LogP contribution >= 0.6 is 12.6 Å². The lowest BCUT2D eigenvalue weighted by Crippen LogP contribution is -2.25. The van der Waals surface area contributed by atoms with Crippen LogP contribution in [0, 0.1) is 0 Å². The molecule has 0 aromatic carbocycles. The Hall–Kier alpha value is -0.220. The van der Waals surface area contributed by atoms with E-state index in [1.165, 1.54) is 20.0 Å². The summed E-state index contributed by atoms with van der Waals surface area (Å²) in [7, 11) is 1.54. The predicted molar refractivity (Wildman–Crippen MR) is 68.7 cm³/mol. The second-order valence-electron chi connectivity index (χ2n) is 3.88. The zero-order valence-corrected chi connectivity index (χ0v) is 11.5. The molecule has 0 aromatic rings. The molecule has 0 aliphatic heterocycles. The molecular weight excluding hydrogens is 224 g/mol. The maximum Gasteiger partial charge on any atom is 0.321 e. The van der Waals surface area contributed by atoms with Crippen molar-refractivity contribution in [3.8, 4) is 0 Å². The Morgan fingerprint density at radius 2 is 1.94 bits per heavy atom. The summed E-state index contributed by atoms with van der Waals surface area (Å²) in [5.41, 5.74) is 0. The molecule has 96 valence electrons. The minimum atomic E-state index is -0.433. The first kappa shape index (κ1) is 15.8. The molecule has 0 saturated heterocycles. The number of carbonyl (C=O) groups is 1. The lowest BCUT2D eigenvalue weighted by molar-refractivity contribution is -0.173. The maximum atomic E-state index is 11.6. The Morgan fingerprint density at radius 3 is 2.44 bits per heavy atom. The molecule has 2 atom stereocenters. The Balaban J connectivity index is 3.72. The number of hydrogen-bond donors (Lipinski definition) is 1. The molecule has 0 bridgehead atoms. The van der Waals surface area contributed by atoms with Gasteiger partial charge in [0.15, 0.2) is 0 Å². The van der Waals surface area contributed by atoms with Crippen LogP contribution in [0.25, 0.3) is 0 Å². The minimum absolute atomic E-state index is 0.270. The Morgan fingerprint density at radius 1 is 1.25 bits per heavy atom. The number of hydrogen-bond acceptors (Lipinski definition) is 4. The highest BCUT2D eigenvalue weighted by Gasteiger charge is 2.18. The summed E-state index contributed by atoms with van der Waals surface area (Å²) in [6.45, 7) is 4.08.